The van der Waals surface area contributed by atoms with Gasteiger partial charge in [0.15, 0.2) is 5.65 Å². The van der Waals surface area contributed by atoms with Gasteiger partial charge in [0.25, 0.3) is 5.91 Å². The number of halogens is 1. The first kappa shape index (κ1) is 20.7. The number of aryl methyl sites for hydroxylation is 1. The number of benzene rings is 1. The van der Waals surface area contributed by atoms with Crippen LogP contribution in [0.2, 0.25) is 5.02 Å². The van der Waals surface area contributed by atoms with E-state index >= 15 is 0 Å². The van der Waals surface area contributed by atoms with Crippen molar-refractivity contribution >= 4 is 34.4 Å². The van der Waals surface area contributed by atoms with E-state index < -0.39 is 12.0 Å². The summed E-state index contributed by atoms with van der Waals surface area (Å²) in [4.78, 5) is 25.4. The fraction of sp³-hybridized carbons (Fsp3) is 0.190. The number of carbonyl (C=O) groups excluding carboxylic acids is 1. The first-order valence-electron chi connectivity index (χ1n) is 9.39. The molecule has 3 heterocycles. The number of rotatable bonds is 7. The first-order chi connectivity index (χ1) is 15.1. The molecule has 1 amide bonds. The maximum atomic E-state index is 12.8. The number of pyridine rings is 1. The fourth-order valence-electron chi connectivity index (χ4n) is 2.91. The van der Waals surface area contributed by atoms with Crippen LogP contribution in [-0.2, 0) is 9.53 Å². The summed E-state index contributed by atoms with van der Waals surface area (Å²) in [5.41, 5.74) is 2.15. The number of nitrogens with one attached hydrogen (secondary N) is 1. The van der Waals surface area contributed by atoms with Gasteiger partial charge in [-0.05, 0) is 30.7 Å². The fourth-order valence-corrected chi connectivity index (χ4v) is 3.13. The molecule has 158 valence electrons. The number of methoxy groups -OCH3 is 1. The van der Waals surface area contributed by atoms with Crippen LogP contribution in [0.3, 0.4) is 0 Å². The van der Waals surface area contributed by atoms with Crippen LogP contribution in [0.25, 0.3) is 16.7 Å². The molecule has 1 N–H and O–H groups in total. The van der Waals surface area contributed by atoms with E-state index in [1.165, 1.54) is 13.4 Å². The van der Waals surface area contributed by atoms with Gasteiger partial charge in [-0.15, -0.1) is 0 Å². The van der Waals surface area contributed by atoms with Gasteiger partial charge in [0.1, 0.15) is 17.5 Å². The van der Waals surface area contributed by atoms with Crippen molar-refractivity contribution in [3.8, 4) is 11.6 Å². The van der Waals surface area contributed by atoms with Gasteiger partial charge in [-0.25, -0.2) is 19.6 Å². The zero-order chi connectivity index (χ0) is 21.8. The second-order valence-electron chi connectivity index (χ2n) is 6.70. The van der Waals surface area contributed by atoms with Crippen molar-refractivity contribution in [1.29, 1.82) is 0 Å². The highest BCUT2D eigenvalue weighted by Crippen LogP contribution is 2.27. The summed E-state index contributed by atoms with van der Waals surface area (Å²) in [6, 6.07) is 10.8. The highest BCUT2D eigenvalue weighted by atomic mass is 35.5. The van der Waals surface area contributed by atoms with Crippen molar-refractivity contribution in [3.63, 3.8) is 0 Å². The van der Waals surface area contributed by atoms with Gasteiger partial charge in [0.2, 0.25) is 12.0 Å². The van der Waals surface area contributed by atoms with Crippen LogP contribution in [0, 0.1) is 6.92 Å². The second kappa shape index (κ2) is 9.07. The molecule has 0 aliphatic heterocycles. The molecule has 0 saturated carbocycles. The first-order valence-corrected chi connectivity index (χ1v) is 9.77. The van der Waals surface area contributed by atoms with Gasteiger partial charge in [-0.2, -0.15) is 5.10 Å². The Morgan fingerprint density at radius 3 is 2.74 bits per heavy atom. The number of amides is 1. The van der Waals surface area contributed by atoms with Crippen LogP contribution < -0.4 is 10.1 Å². The topological polar surface area (TPSA) is 104 Å². The van der Waals surface area contributed by atoms with E-state index in [-0.39, 0.29) is 12.5 Å². The zero-order valence-corrected chi connectivity index (χ0v) is 17.6. The van der Waals surface area contributed by atoms with Crippen LogP contribution in [-0.4, -0.2) is 50.5 Å². The summed E-state index contributed by atoms with van der Waals surface area (Å²) >= 11 is 6.30. The third kappa shape index (κ3) is 4.47. The predicted octanol–water partition coefficient (Wildman–Crippen LogP) is 3.20. The number of anilines is 1. The van der Waals surface area contributed by atoms with Crippen LogP contribution in [0.4, 0.5) is 5.82 Å². The predicted molar refractivity (Wildman–Crippen MR) is 116 cm³/mol. The molecule has 4 rings (SSSR count). The van der Waals surface area contributed by atoms with Gasteiger partial charge in [-0.3, -0.25) is 4.79 Å². The third-order valence-corrected chi connectivity index (χ3v) is 4.76. The third-order valence-electron chi connectivity index (χ3n) is 4.44. The van der Waals surface area contributed by atoms with Gasteiger partial charge in [0, 0.05) is 13.3 Å². The number of fused-ring (bicyclic) bond motifs is 1. The smallest absolute Gasteiger partial charge is 0.269 e. The van der Waals surface area contributed by atoms with Crippen molar-refractivity contribution in [2.45, 2.75) is 13.0 Å². The molecule has 0 aliphatic rings. The lowest BCUT2D eigenvalue weighted by Crippen LogP contribution is -2.37. The van der Waals surface area contributed by atoms with Crippen molar-refractivity contribution in [3.05, 3.63) is 65.7 Å². The van der Waals surface area contributed by atoms with Crippen molar-refractivity contribution in [2.75, 3.05) is 19.0 Å². The summed E-state index contributed by atoms with van der Waals surface area (Å²) in [6.07, 6.45) is 3.61. The molecular weight excluding hydrogens is 420 g/mol. The number of nitrogens with zero attached hydrogens (tertiary/aromatic N) is 5. The number of hydrogen-bond donors (Lipinski definition) is 1. The van der Waals surface area contributed by atoms with Gasteiger partial charge in [0.05, 0.1) is 23.5 Å². The van der Waals surface area contributed by atoms with Crippen LogP contribution in [0.5, 0.6) is 5.88 Å². The van der Waals surface area contributed by atoms with Crippen LogP contribution in [0.1, 0.15) is 5.56 Å². The molecule has 3 aromatic heterocycles. The number of carbonyl (C=O) groups is 1. The molecule has 0 unspecified atom stereocenters. The number of hydrogen-bond acceptors (Lipinski definition) is 7. The number of aromatic nitrogens is 5. The second-order valence-corrected chi connectivity index (χ2v) is 7.10. The standard InChI is InChI=1S/C21H19ClN6O3/c1-13-7-8-18(23-9-13)27-20(29)17(11-30-2)31-21-14-10-26-28(19(14)24-12-25-21)16-6-4-3-5-15(16)22/h3-10,12,17H,11H2,1-2H3,(H,23,27,29)/t17-/m1/s1. The van der Waals surface area contributed by atoms with E-state index in [1.54, 1.807) is 29.2 Å². The highest BCUT2D eigenvalue weighted by molar-refractivity contribution is 6.32. The summed E-state index contributed by atoms with van der Waals surface area (Å²) in [5, 5.41) is 8.15. The molecule has 4 aromatic rings. The zero-order valence-electron chi connectivity index (χ0n) is 16.8. The SMILES string of the molecule is COC[C@@H](Oc1ncnc2c1cnn2-c1ccccc1Cl)C(=O)Nc1ccc(C)cn1. The normalized spacial score (nSPS) is 12.0. The van der Waals surface area contributed by atoms with Crippen LogP contribution in [0.15, 0.2) is 55.1 Å². The molecule has 1 aromatic carbocycles. The Hall–Kier alpha value is -3.56. The van der Waals surface area contributed by atoms with E-state index in [0.29, 0.717) is 27.6 Å². The monoisotopic (exact) mass is 438 g/mol. The number of para-hydroxylation sites is 1. The molecule has 0 bridgehead atoms. The van der Waals surface area contributed by atoms with Gasteiger partial charge < -0.3 is 14.8 Å². The minimum Gasteiger partial charge on any atom is -0.461 e. The van der Waals surface area contributed by atoms with Gasteiger partial charge in [-0.1, -0.05) is 29.8 Å². The molecule has 0 saturated heterocycles. The maximum absolute atomic E-state index is 12.8. The Balaban J connectivity index is 1.62. The van der Waals surface area contributed by atoms with Crippen molar-refractivity contribution in [2.24, 2.45) is 0 Å². The summed E-state index contributed by atoms with van der Waals surface area (Å²) in [5.74, 6) is 0.209. The minimum atomic E-state index is -0.963. The lowest BCUT2D eigenvalue weighted by atomic mass is 10.3. The lowest BCUT2D eigenvalue weighted by Gasteiger charge is -2.17. The molecule has 0 fully saturated rings. The van der Waals surface area contributed by atoms with E-state index in [2.05, 4.69) is 25.4 Å². The molecule has 1 atom stereocenters. The number of ether oxygens (including phenoxy) is 2. The molecule has 9 nitrogen and oxygen atoms in total. The summed E-state index contributed by atoms with van der Waals surface area (Å²) in [7, 11) is 1.48. The average Bonchev–Trinajstić information content (AvgIpc) is 3.20. The molecule has 0 spiro atoms. The Morgan fingerprint density at radius 2 is 2.00 bits per heavy atom. The molecule has 0 aliphatic carbocycles. The van der Waals surface area contributed by atoms with Gasteiger partial charge >= 0.3 is 0 Å². The summed E-state index contributed by atoms with van der Waals surface area (Å²) in [6.45, 7) is 1.93. The van der Waals surface area contributed by atoms with E-state index in [1.807, 2.05) is 31.2 Å². The highest BCUT2D eigenvalue weighted by Gasteiger charge is 2.24. The Bertz CT molecular complexity index is 1210. The van der Waals surface area contributed by atoms with Crippen LogP contribution >= 0.6 is 11.6 Å². The molecular formula is C21H19ClN6O3. The van der Waals surface area contributed by atoms with Crippen molar-refractivity contribution < 1.29 is 14.3 Å². The Kier molecular flexibility index (Phi) is 6.06. The van der Waals surface area contributed by atoms with E-state index in [0.717, 1.165) is 5.56 Å². The van der Waals surface area contributed by atoms with Crippen molar-refractivity contribution in [1.82, 2.24) is 24.7 Å². The lowest BCUT2D eigenvalue weighted by molar-refractivity contribution is -0.125. The minimum absolute atomic E-state index is 0.0157. The Morgan fingerprint density at radius 1 is 1.16 bits per heavy atom. The largest absolute Gasteiger partial charge is 0.461 e. The quantitative estimate of drug-likeness (QED) is 0.472. The van der Waals surface area contributed by atoms with E-state index in [9.17, 15) is 4.79 Å². The maximum Gasteiger partial charge on any atom is 0.269 e. The molecule has 31 heavy (non-hydrogen) atoms. The Labute approximate surface area is 183 Å². The molecule has 10 heteroatoms. The summed E-state index contributed by atoms with van der Waals surface area (Å²) < 4.78 is 12.7. The molecule has 0 radical (unpaired) electrons. The van der Waals surface area contributed by atoms with E-state index in [4.69, 9.17) is 21.1 Å². The average molecular weight is 439 g/mol.